The number of nitriles is 1. The van der Waals surface area contributed by atoms with Crippen molar-refractivity contribution in [3.63, 3.8) is 0 Å². The third-order valence-electron chi connectivity index (χ3n) is 2.71. The largest absolute Gasteiger partial charge is 0.305 e. The van der Waals surface area contributed by atoms with Gasteiger partial charge < -0.3 is 5.32 Å². The number of halogens is 1. The van der Waals surface area contributed by atoms with Gasteiger partial charge in [0.2, 0.25) is 0 Å². The molecule has 18 heavy (non-hydrogen) atoms. The Labute approximate surface area is 119 Å². The van der Waals surface area contributed by atoms with Crippen molar-refractivity contribution in [1.29, 1.82) is 5.26 Å². The highest BCUT2D eigenvalue weighted by Crippen LogP contribution is 2.28. The normalized spacial score (nSPS) is 12.1. The molecule has 92 valence electrons. The molecule has 1 N–H and O–H groups in total. The van der Waals surface area contributed by atoms with Gasteiger partial charge in [-0.05, 0) is 52.0 Å². The summed E-state index contributed by atoms with van der Waals surface area (Å²) in [5, 5.41) is 14.4. The summed E-state index contributed by atoms with van der Waals surface area (Å²) in [6, 6.07) is 12.2. The summed E-state index contributed by atoms with van der Waals surface area (Å²) in [6.07, 6.45) is 0. The van der Waals surface area contributed by atoms with Crippen LogP contribution in [0.25, 0.3) is 0 Å². The Kier molecular flexibility index (Phi) is 4.54. The van der Waals surface area contributed by atoms with Crippen LogP contribution in [-0.4, -0.2) is 0 Å². The molecule has 0 saturated heterocycles. The van der Waals surface area contributed by atoms with Gasteiger partial charge in [0.15, 0.2) is 0 Å². The maximum atomic E-state index is 8.85. The maximum absolute atomic E-state index is 8.85. The first kappa shape index (κ1) is 13.3. The number of thiophene rings is 1. The van der Waals surface area contributed by atoms with Crippen LogP contribution in [0.4, 0.5) is 0 Å². The van der Waals surface area contributed by atoms with E-state index in [0.717, 1.165) is 16.6 Å². The van der Waals surface area contributed by atoms with E-state index in [1.165, 1.54) is 4.88 Å². The molecule has 0 amide bonds. The van der Waals surface area contributed by atoms with Crippen molar-refractivity contribution < 1.29 is 0 Å². The minimum absolute atomic E-state index is 0.296. The molecular formula is C14H13BrN2S. The second-order valence-corrected chi connectivity index (χ2v) is 5.85. The Morgan fingerprint density at radius 1 is 1.44 bits per heavy atom. The van der Waals surface area contributed by atoms with E-state index in [9.17, 15) is 0 Å². The van der Waals surface area contributed by atoms with Crippen LogP contribution in [-0.2, 0) is 6.54 Å². The van der Waals surface area contributed by atoms with E-state index in [1.807, 2.05) is 24.3 Å². The molecule has 4 heteroatoms. The van der Waals surface area contributed by atoms with Crippen molar-refractivity contribution >= 4 is 27.3 Å². The van der Waals surface area contributed by atoms with E-state index in [2.05, 4.69) is 45.7 Å². The second kappa shape index (κ2) is 6.14. The van der Waals surface area contributed by atoms with Crippen LogP contribution in [0.3, 0.4) is 0 Å². The minimum atomic E-state index is 0.296. The van der Waals surface area contributed by atoms with Gasteiger partial charge in [-0.2, -0.15) is 5.26 Å². The lowest BCUT2D eigenvalue weighted by Gasteiger charge is -2.13. The van der Waals surface area contributed by atoms with Crippen molar-refractivity contribution in [2.45, 2.75) is 19.5 Å². The molecule has 1 unspecified atom stereocenters. The number of nitrogens with zero attached hydrogens (tertiary/aromatic N) is 1. The van der Waals surface area contributed by atoms with Gasteiger partial charge in [0.05, 0.1) is 11.6 Å². The number of rotatable bonds is 4. The Morgan fingerprint density at radius 3 is 2.94 bits per heavy atom. The summed E-state index contributed by atoms with van der Waals surface area (Å²) in [6.45, 7) is 2.91. The zero-order valence-corrected chi connectivity index (χ0v) is 12.4. The molecule has 2 aromatic rings. The van der Waals surface area contributed by atoms with E-state index in [1.54, 1.807) is 11.3 Å². The van der Waals surface area contributed by atoms with E-state index in [0.29, 0.717) is 11.6 Å². The zero-order valence-electron chi connectivity index (χ0n) is 9.98. The molecule has 1 atom stereocenters. The number of nitrogens with one attached hydrogen (secondary N) is 1. The van der Waals surface area contributed by atoms with Crippen molar-refractivity contribution in [2.24, 2.45) is 0 Å². The molecule has 0 saturated carbocycles. The van der Waals surface area contributed by atoms with Gasteiger partial charge in [0.25, 0.3) is 0 Å². The Balaban J connectivity index is 1.99. The van der Waals surface area contributed by atoms with Crippen LogP contribution in [0, 0.1) is 11.3 Å². The van der Waals surface area contributed by atoms with Crippen molar-refractivity contribution in [2.75, 3.05) is 0 Å². The molecule has 0 aliphatic rings. The molecule has 0 aliphatic carbocycles. The maximum Gasteiger partial charge on any atom is 0.0991 e. The summed E-state index contributed by atoms with van der Waals surface area (Å²) in [5.74, 6) is 0. The van der Waals surface area contributed by atoms with Crippen LogP contribution >= 0.6 is 27.3 Å². The summed E-state index contributed by atoms with van der Waals surface area (Å²) in [7, 11) is 0. The quantitative estimate of drug-likeness (QED) is 0.914. The molecule has 2 rings (SSSR count). The fraction of sp³-hybridized carbons (Fsp3) is 0.214. The third-order valence-corrected chi connectivity index (χ3v) is 4.76. The molecule has 1 heterocycles. The predicted molar refractivity (Wildman–Crippen MR) is 78.4 cm³/mol. The fourth-order valence-corrected chi connectivity index (χ4v) is 3.48. The number of hydrogen-bond acceptors (Lipinski definition) is 3. The lowest BCUT2D eigenvalue weighted by Crippen LogP contribution is -2.17. The lowest BCUT2D eigenvalue weighted by atomic mass is 10.1. The number of hydrogen-bond donors (Lipinski definition) is 1. The topological polar surface area (TPSA) is 35.8 Å². The minimum Gasteiger partial charge on any atom is -0.305 e. The van der Waals surface area contributed by atoms with E-state index < -0.39 is 0 Å². The molecule has 2 nitrogen and oxygen atoms in total. The highest BCUT2D eigenvalue weighted by Gasteiger charge is 2.10. The van der Waals surface area contributed by atoms with E-state index >= 15 is 0 Å². The lowest BCUT2D eigenvalue weighted by molar-refractivity contribution is 0.581. The molecule has 1 aromatic carbocycles. The second-order valence-electron chi connectivity index (χ2n) is 4.05. The highest BCUT2D eigenvalue weighted by atomic mass is 79.9. The van der Waals surface area contributed by atoms with E-state index in [-0.39, 0.29) is 0 Å². The fourth-order valence-electron chi connectivity index (χ4n) is 1.73. The van der Waals surface area contributed by atoms with Gasteiger partial charge in [-0.3, -0.25) is 0 Å². The Bertz CT molecular complexity index is 571. The molecule has 0 aliphatic heterocycles. The van der Waals surface area contributed by atoms with Crippen LogP contribution < -0.4 is 5.32 Å². The van der Waals surface area contributed by atoms with Gasteiger partial charge in [-0.15, -0.1) is 11.3 Å². The average molecular weight is 321 g/mol. The van der Waals surface area contributed by atoms with Crippen molar-refractivity contribution in [3.05, 3.63) is 56.2 Å². The van der Waals surface area contributed by atoms with Crippen LogP contribution in [0.15, 0.2) is 40.2 Å². The summed E-state index contributed by atoms with van der Waals surface area (Å²) in [5.41, 5.74) is 1.84. The summed E-state index contributed by atoms with van der Waals surface area (Å²) >= 11 is 5.28. The highest BCUT2D eigenvalue weighted by molar-refractivity contribution is 9.10. The third kappa shape index (κ3) is 3.20. The first-order valence-electron chi connectivity index (χ1n) is 5.66. The van der Waals surface area contributed by atoms with E-state index in [4.69, 9.17) is 5.26 Å². The first-order valence-corrected chi connectivity index (χ1v) is 7.33. The Morgan fingerprint density at radius 2 is 2.28 bits per heavy atom. The molecule has 0 bridgehead atoms. The van der Waals surface area contributed by atoms with Crippen molar-refractivity contribution in [3.8, 4) is 6.07 Å². The molecule has 0 fully saturated rings. The van der Waals surface area contributed by atoms with Gasteiger partial charge in [0, 0.05) is 21.9 Å². The summed E-state index contributed by atoms with van der Waals surface area (Å²) in [4.78, 5) is 1.30. The first-order chi connectivity index (χ1) is 8.70. The van der Waals surface area contributed by atoms with Gasteiger partial charge >= 0.3 is 0 Å². The monoisotopic (exact) mass is 320 g/mol. The smallest absolute Gasteiger partial charge is 0.0991 e. The standard InChI is InChI=1S/C14H13BrN2S/c1-10(14-13(15)5-6-18-14)17-9-12-4-2-3-11(7-12)8-16/h2-7,10,17H,9H2,1H3. The van der Waals surface area contributed by atoms with Crippen LogP contribution in [0.1, 0.15) is 29.0 Å². The molecule has 0 spiro atoms. The molecule has 0 radical (unpaired) electrons. The average Bonchev–Trinajstić information content (AvgIpc) is 2.82. The molecular weight excluding hydrogens is 308 g/mol. The van der Waals surface area contributed by atoms with Crippen LogP contribution in [0.2, 0.25) is 0 Å². The van der Waals surface area contributed by atoms with Crippen LogP contribution in [0.5, 0.6) is 0 Å². The number of benzene rings is 1. The Hall–Kier alpha value is -1.15. The van der Waals surface area contributed by atoms with Crippen molar-refractivity contribution in [1.82, 2.24) is 5.32 Å². The van der Waals surface area contributed by atoms with Gasteiger partial charge in [-0.1, -0.05) is 12.1 Å². The summed E-state index contributed by atoms with van der Waals surface area (Å²) < 4.78 is 1.15. The predicted octanol–water partition coefficient (Wildman–Crippen LogP) is 4.23. The van der Waals surface area contributed by atoms with Gasteiger partial charge in [-0.25, -0.2) is 0 Å². The molecule has 1 aromatic heterocycles. The SMILES string of the molecule is CC(NCc1cccc(C#N)c1)c1sccc1Br. The van der Waals surface area contributed by atoms with Gasteiger partial charge in [0.1, 0.15) is 0 Å². The zero-order chi connectivity index (χ0) is 13.0.